The second kappa shape index (κ2) is 4.56. The number of rotatable bonds is 3. The molecule has 2 atom stereocenters. The summed E-state index contributed by atoms with van der Waals surface area (Å²) >= 11 is 12.0. The fourth-order valence-corrected chi connectivity index (χ4v) is 2.46. The van der Waals surface area contributed by atoms with Gasteiger partial charge >= 0.3 is 0 Å². The lowest BCUT2D eigenvalue weighted by Crippen LogP contribution is -2.50. The van der Waals surface area contributed by atoms with Crippen LogP contribution in [0, 0.1) is 5.92 Å². The molecule has 1 rings (SSSR count). The Labute approximate surface area is 99.1 Å². The van der Waals surface area contributed by atoms with Crippen LogP contribution in [0.1, 0.15) is 19.8 Å². The van der Waals surface area contributed by atoms with Gasteiger partial charge < -0.3 is 11.5 Å². The lowest BCUT2D eigenvalue weighted by Gasteiger charge is -2.34. The van der Waals surface area contributed by atoms with Crippen molar-refractivity contribution >= 4 is 29.1 Å². The molecule has 0 spiro atoms. The Bertz CT molecular complexity index is 334. The van der Waals surface area contributed by atoms with Gasteiger partial charge in [-0.25, -0.2) is 0 Å². The summed E-state index contributed by atoms with van der Waals surface area (Å²) in [6.07, 6.45) is 5.02. The molecule has 0 heterocycles. The number of alkyl halides is 1. The zero-order chi connectivity index (χ0) is 11.6. The monoisotopic (exact) mass is 248 g/mol. The lowest BCUT2D eigenvalue weighted by molar-refractivity contribution is -0.121. The second-order valence-corrected chi connectivity index (χ2v) is 4.66. The molecule has 1 amide bonds. The van der Waals surface area contributed by atoms with Crippen molar-refractivity contribution in [2.75, 3.05) is 0 Å². The Morgan fingerprint density at radius 2 is 2.20 bits per heavy atom. The number of nitrogens with two attached hydrogens (primary N) is 2. The van der Waals surface area contributed by atoms with Crippen molar-refractivity contribution in [1.29, 1.82) is 0 Å². The molecule has 2 unspecified atom stereocenters. The van der Waals surface area contributed by atoms with Crippen molar-refractivity contribution in [1.82, 2.24) is 0 Å². The van der Waals surface area contributed by atoms with Gasteiger partial charge in [-0.3, -0.25) is 4.79 Å². The summed E-state index contributed by atoms with van der Waals surface area (Å²) in [6, 6.07) is 0. The van der Waals surface area contributed by atoms with E-state index in [1.807, 2.05) is 6.92 Å². The van der Waals surface area contributed by atoms with Gasteiger partial charge in [0.2, 0.25) is 5.91 Å². The van der Waals surface area contributed by atoms with E-state index >= 15 is 0 Å². The predicted octanol–water partition coefficient (Wildman–Crippen LogP) is 1.84. The average molecular weight is 249 g/mol. The number of halogens is 2. The van der Waals surface area contributed by atoms with E-state index in [1.165, 1.54) is 0 Å². The van der Waals surface area contributed by atoms with Crippen molar-refractivity contribution < 1.29 is 4.79 Å². The van der Waals surface area contributed by atoms with Crippen LogP contribution in [0.15, 0.2) is 22.8 Å². The van der Waals surface area contributed by atoms with Crippen molar-refractivity contribution in [3.8, 4) is 0 Å². The first-order chi connectivity index (χ1) is 6.91. The van der Waals surface area contributed by atoms with E-state index in [2.05, 4.69) is 0 Å². The molecule has 3 nitrogen and oxygen atoms in total. The van der Waals surface area contributed by atoms with Crippen LogP contribution >= 0.6 is 23.2 Å². The second-order valence-electron chi connectivity index (χ2n) is 3.60. The van der Waals surface area contributed by atoms with Crippen molar-refractivity contribution in [2.45, 2.75) is 24.8 Å². The molecule has 5 heteroatoms. The van der Waals surface area contributed by atoms with Gasteiger partial charge in [0.15, 0.2) is 0 Å². The van der Waals surface area contributed by atoms with Gasteiger partial charge in [0.05, 0.1) is 0 Å². The van der Waals surface area contributed by atoms with Crippen LogP contribution in [0.2, 0.25) is 0 Å². The number of carbonyl (C=O) groups is 1. The van der Waals surface area contributed by atoms with E-state index in [9.17, 15) is 4.79 Å². The zero-order valence-electron chi connectivity index (χ0n) is 8.47. The van der Waals surface area contributed by atoms with Gasteiger partial charge in [0, 0.05) is 5.03 Å². The van der Waals surface area contributed by atoms with E-state index in [-0.39, 0.29) is 0 Å². The third-order valence-corrected chi connectivity index (χ3v) is 3.24. The molecule has 0 saturated heterocycles. The summed E-state index contributed by atoms with van der Waals surface area (Å²) < 4.78 is 0. The Morgan fingerprint density at radius 3 is 2.67 bits per heavy atom. The molecule has 1 aliphatic rings. The van der Waals surface area contributed by atoms with Crippen LogP contribution in [0.5, 0.6) is 0 Å². The average Bonchev–Trinajstić information content (AvgIpc) is 2.08. The number of hydrogen-bond donors (Lipinski definition) is 2. The molecular weight excluding hydrogens is 235 g/mol. The van der Waals surface area contributed by atoms with Gasteiger partial charge in [0.1, 0.15) is 10.9 Å². The van der Waals surface area contributed by atoms with E-state index in [0.717, 1.165) is 18.4 Å². The standard InChI is InChI=1S/C10H14Cl2N2O/c1-2-3-6-4-5-7(11)8(9(13)15)10(6,12)14/h4-5,8H,2-3,14H2,1H3,(H2,13,15). The fraction of sp³-hybridized carbons (Fsp3) is 0.500. The summed E-state index contributed by atoms with van der Waals surface area (Å²) in [6.45, 7) is 2.01. The minimum Gasteiger partial charge on any atom is -0.369 e. The van der Waals surface area contributed by atoms with E-state index < -0.39 is 16.8 Å². The number of carbonyl (C=O) groups excluding carboxylic acids is 1. The highest BCUT2D eigenvalue weighted by Crippen LogP contribution is 2.39. The van der Waals surface area contributed by atoms with Crippen molar-refractivity contribution in [2.24, 2.45) is 17.4 Å². The minimum atomic E-state index is -1.28. The van der Waals surface area contributed by atoms with Crippen LogP contribution in [0.25, 0.3) is 0 Å². The molecular formula is C10H14Cl2N2O. The van der Waals surface area contributed by atoms with Crippen LogP contribution in [0.3, 0.4) is 0 Å². The molecule has 1 aliphatic carbocycles. The smallest absolute Gasteiger partial charge is 0.229 e. The van der Waals surface area contributed by atoms with Gasteiger partial charge in [-0.2, -0.15) is 0 Å². The fourth-order valence-electron chi connectivity index (χ4n) is 1.68. The van der Waals surface area contributed by atoms with Crippen LogP contribution < -0.4 is 11.5 Å². The number of amides is 1. The van der Waals surface area contributed by atoms with Crippen molar-refractivity contribution in [3.63, 3.8) is 0 Å². The molecule has 4 N–H and O–H groups in total. The summed E-state index contributed by atoms with van der Waals surface area (Å²) in [4.78, 5) is 9.95. The highest BCUT2D eigenvalue weighted by molar-refractivity contribution is 6.35. The third-order valence-electron chi connectivity index (χ3n) is 2.44. The van der Waals surface area contributed by atoms with Crippen LogP contribution in [0.4, 0.5) is 0 Å². The number of hydrogen-bond acceptors (Lipinski definition) is 2. The molecule has 0 aromatic carbocycles. The van der Waals surface area contributed by atoms with Crippen LogP contribution in [-0.2, 0) is 4.79 Å². The van der Waals surface area contributed by atoms with Gasteiger partial charge in [-0.15, -0.1) is 0 Å². The number of allylic oxidation sites excluding steroid dienone is 2. The van der Waals surface area contributed by atoms with Crippen LogP contribution in [-0.4, -0.2) is 10.9 Å². The maximum Gasteiger partial charge on any atom is 0.229 e. The SMILES string of the molecule is CCCC1=CC=C(Cl)C(C(N)=O)C1(N)Cl. The quantitative estimate of drug-likeness (QED) is 0.592. The summed E-state index contributed by atoms with van der Waals surface area (Å²) in [5, 5.41) is 0.292. The molecule has 0 aromatic rings. The zero-order valence-corrected chi connectivity index (χ0v) is 9.98. The van der Waals surface area contributed by atoms with E-state index in [0.29, 0.717) is 5.03 Å². The third kappa shape index (κ3) is 2.36. The summed E-state index contributed by atoms with van der Waals surface area (Å²) in [5.41, 5.74) is 11.9. The van der Waals surface area contributed by atoms with Gasteiger partial charge in [-0.05, 0) is 18.1 Å². The highest BCUT2D eigenvalue weighted by atomic mass is 35.5. The summed E-state index contributed by atoms with van der Waals surface area (Å²) in [7, 11) is 0. The molecule has 0 aliphatic heterocycles. The van der Waals surface area contributed by atoms with E-state index in [4.69, 9.17) is 34.7 Å². The molecule has 84 valence electrons. The summed E-state index contributed by atoms with van der Waals surface area (Å²) in [5.74, 6) is -1.44. The first kappa shape index (κ1) is 12.6. The lowest BCUT2D eigenvalue weighted by atomic mass is 9.85. The number of primary amides is 1. The highest BCUT2D eigenvalue weighted by Gasteiger charge is 2.43. The molecule has 0 aromatic heterocycles. The van der Waals surface area contributed by atoms with E-state index in [1.54, 1.807) is 12.2 Å². The topological polar surface area (TPSA) is 69.1 Å². The minimum absolute atomic E-state index is 0.292. The maximum absolute atomic E-state index is 11.2. The Balaban J connectivity index is 3.09. The first-order valence-corrected chi connectivity index (χ1v) is 5.50. The van der Waals surface area contributed by atoms with Gasteiger partial charge in [0.25, 0.3) is 0 Å². The van der Waals surface area contributed by atoms with Crippen molar-refractivity contribution in [3.05, 3.63) is 22.8 Å². The maximum atomic E-state index is 11.2. The molecule has 0 fully saturated rings. The molecule has 0 radical (unpaired) electrons. The molecule has 0 bridgehead atoms. The predicted molar refractivity (Wildman–Crippen MR) is 62.4 cm³/mol. The Hall–Kier alpha value is -0.510. The normalized spacial score (nSPS) is 30.8. The van der Waals surface area contributed by atoms with Gasteiger partial charge in [-0.1, -0.05) is 42.6 Å². The molecule has 15 heavy (non-hydrogen) atoms. The largest absolute Gasteiger partial charge is 0.369 e. The Morgan fingerprint density at radius 1 is 1.60 bits per heavy atom. The molecule has 0 saturated carbocycles. The Kier molecular flexibility index (Phi) is 3.82. The first-order valence-electron chi connectivity index (χ1n) is 4.75.